The molecule has 0 N–H and O–H groups in total. The first kappa shape index (κ1) is 6.55. The minimum atomic E-state index is 0.589. The first-order valence-corrected chi connectivity index (χ1v) is 4.07. The second kappa shape index (κ2) is 4.32. The Bertz CT molecular complexity index is 61.9. The topological polar surface area (TPSA) is 0 Å². The molecule has 0 aromatic heterocycles. The Labute approximate surface area is 56.7 Å². The third-order valence-electron chi connectivity index (χ3n) is 1.70. The summed E-state index contributed by atoms with van der Waals surface area (Å²) in [4.78, 5) is 0. The third-order valence-corrected chi connectivity index (χ3v) is 2.44. The average Bonchev–Trinajstić information content (AvgIpc) is 1.90. The van der Waals surface area contributed by atoms with E-state index in [1.54, 1.807) is 0 Å². The smallest absolute Gasteiger partial charge is 0.0233 e. The van der Waals surface area contributed by atoms with Gasteiger partial charge in [0.15, 0.2) is 0 Å². The van der Waals surface area contributed by atoms with Crippen molar-refractivity contribution in [2.24, 2.45) is 11.8 Å². The highest BCUT2D eigenvalue weighted by Crippen LogP contribution is 2.15. The van der Waals surface area contributed by atoms with Crippen LogP contribution in [0.5, 0.6) is 0 Å². The molecule has 0 rings (SSSR count). The van der Waals surface area contributed by atoms with E-state index in [9.17, 15) is 0 Å². The highest BCUT2D eigenvalue weighted by molar-refractivity contribution is 7.16. The monoisotopic (exact) mass is 133 g/mol. The molecular weight excluding hydrogens is 115 g/mol. The Morgan fingerprint density at radius 1 is 1.62 bits per heavy atom. The van der Waals surface area contributed by atoms with Crippen LogP contribution in [0, 0.1) is 11.8 Å². The summed E-state index contributed by atoms with van der Waals surface area (Å²) in [5, 5.41) is 0. The minimum Gasteiger partial charge on any atom is -0.137 e. The number of rotatable bonds is 3. The van der Waals surface area contributed by atoms with Crippen LogP contribution in [-0.4, -0.2) is 6.16 Å². The van der Waals surface area contributed by atoms with Gasteiger partial charge in [0.05, 0.1) is 0 Å². The predicted octanol–water partition coefficient (Wildman–Crippen LogP) is 2.54. The Morgan fingerprint density at radius 3 is 2.38 bits per heavy atom. The minimum absolute atomic E-state index is 0.589. The van der Waals surface area contributed by atoms with E-state index in [-0.39, 0.29) is 0 Å². The lowest BCUT2D eigenvalue weighted by molar-refractivity contribution is 0.414. The van der Waals surface area contributed by atoms with Gasteiger partial charge >= 0.3 is 0 Å². The molecule has 0 aromatic carbocycles. The molecule has 0 fully saturated rings. The van der Waals surface area contributed by atoms with Gasteiger partial charge in [-0.05, 0) is 18.0 Å². The molecule has 0 saturated carbocycles. The van der Waals surface area contributed by atoms with Crippen LogP contribution in [0.15, 0.2) is 0 Å². The zero-order valence-electron chi connectivity index (χ0n) is 6.85. The van der Waals surface area contributed by atoms with Crippen molar-refractivity contribution in [2.45, 2.75) is 27.2 Å². The summed E-state index contributed by atoms with van der Waals surface area (Å²) >= 11 is 0. The van der Waals surface area contributed by atoms with Crippen LogP contribution in [0.4, 0.5) is 0 Å². The molecule has 3 atom stereocenters. The maximum atomic E-state index is 7.18. The van der Waals surface area contributed by atoms with E-state index in [2.05, 4.69) is 23.1 Å². The maximum Gasteiger partial charge on any atom is 0.0233 e. The molecule has 0 aliphatic rings. The molecule has 1 heteroatoms. The lowest BCUT2D eigenvalue weighted by Crippen LogP contribution is -2.07. The Balaban J connectivity index is 3.50. The largest absolute Gasteiger partial charge is 0.137 e. The molecule has 0 bridgehead atoms. The van der Waals surface area contributed by atoms with Crippen molar-refractivity contribution in [3.05, 3.63) is 0 Å². The second-order valence-corrected chi connectivity index (χ2v) is 2.85. The molecule has 0 nitrogen and oxygen atoms in total. The fraction of sp³-hybridized carbons (Fsp3) is 1.00. The Hall–Kier alpha value is 0.430. The summed E-state index contributed by atoms with van der Waals surface area (Å²) in [7, 11) is 2.74. The van der Waals surface area contributed by atoms with Crippen LogP contribution in [0.2, 0.25) is 0 Å². The van der Waals surface area contributed by atoms with E-state index in [0.29, 0.717) is 18.7 Å². The molecular formula is C7H17P. The van der Waals surface area contributed by atoms with Gasteiger partial charge in [-0.2, -0.15) is 0 Å². The van der Waals surface area contributed by atoms with E-state index < -0.39 is 0 Å². The van der Waals surface area contributed by atoms with E-state index in [4.69, 9.17) is 1.37 Å². The molecule has 8 heavy (non-hydrogen) atoms. The average molecular weight is 133 g/mol. The predicted molar refractivity (Wildman–Crippen MR) is 43.2 cm³/mol. The second-order valence-electron chi connectivity index (χ2n) is 2.38. The molecule has 0 aliphatic carbocycles. The van der Waals surface area contributed by atoms with Crippen LogP contribution < -0.4 is 0 Å². The molecule has 0 saturated heterocycles. The van der Waals surface area contributed by atoms with Crippen LogP contribution in [0.3, 0.4) is 0 Å². The standard InChI is InChI=1S/C7H17P/c1-4-6(2)7(3)5-8/h6-7H,4-5,8H2,1-3H3/t6-,7-/m1/s1/i2D. The molecule has 0 radical (unpaired) electrons. The zero-order chi connectivity index (χ0) is 7.28. The van der Waals surface area contributed by atoms with Crippen molar-refractivity contribution in [1.82, 2.24) is 0 Å². The molecule has 1 unspecified atom stereocenters. The summed E-state index contributed by atoms with van der Waals surface area (Å²) in [5.41, 5.74) is 0. The van der Waals surface area contributed by atoms with Crippen LogP contribution >= 0.6 is 9.24 Å². The first-order valence-electron chi connectivity index (χ1n) is 3.96. The quantitative estimate of drug-likeness (QED) is 0.519. The summed E-state index contributed by atoms with van der Waals surface area (Å²) in [5.74, 6) is 1.32. The lowest BCUT2D eigenvalue weighted by atomic mass is 9.96. The lowest BCUT2D eigenvalue weighted by Gasteiger charge is -2.14. The fourth-order valence-electron chi connectivity index (χ4n) is 0.595. The molecule has 0 heterocycles. The zero-order valence-corrected chi connectivity index (χ0v) is 7.01. The van der Waals surface area contributed by atoms with Gasteiger partial charge in [0.25, 0.3) is 0 Å². The normalized spacial score (nSPS) is 19.6. The van der Waals surface area contributed by atoms with E-state index >= 15 is 0 Å². The van der Waals surface area contributed by atoms with Gasteiger partial charge in [-0.1, -0.05) is 27.2 Å². The summed E-state index contributed by atoms with van der Waals surface area (Å²) in [6, 6.07) is 0. The van der Waals surface area contributed by atoms with Gasteiger partial charge in [-0.25, -0.2) is 0 Å². The first-order chi connectivity index (χ1) is 4.26. The van der Waals surface area contributed by atoms with Gasteiger partial charge in [-0.15, -0.1) is 9.24 Å². The number of hydrogen-bond donors (Lipinski definition) is 0. The van der Waals surface area contributed by atoms with E-state index in [1.165, 1.54) is 0 Å². The Morgan fingerprint density at radius 2 is 2.25 bits per heavy atom. The van der Waals surface area contributed by atoms with Crippen molar-refractivity contribution in [3.8, 4) is 0 Å². The third kappa shape index (κ3) is 2.67. The van der Waals surface area contributed by atoms with Gasteiger partial charge in [0.2, 0.25) is 0 Å². The van der Waals surface area contributed by atoms with Crippen LogP contribution in [-0.2, 0) is 0 Å². The highest BCUT2D eigenvalue weighted by atomic mass is 31.0. The Kier molecular flexibility index (Phi) is 3.54. The molecule has 0 aromatic rings. The van der Waals surface area contributed by atoms with Crippen molar-refractivity contribution in [3.63, 3.8) is 0 Å². The van der Waals surface area contributed by atoms with Crippen LogP contribution in [0.25, 0.3) is 0 Å². The fourth-order valence-corrected chi connectivity index (χ4v) is 0.980. The van der Waals surface area contributed by atoms with E-state index in [1.807, 2.05) is 0 Å². The SMILES string of the molecule is [2H]C[C@H](CC)[C@H](C)CP. The van der Waals surface area contributed by atoms with Crippen molar-refractivity contribution in [1.29, 1.82) is 0 Å². The summed E-state index contributed by atoms with van der Waals surface area (Å²) in [6.45, 7) is 4.97. The summed E-state index contributed by atoms with van der Waals surface area (Å²) < 4.78 is 7.18. The van der Waals surface area contributed by atoms with Gasteiger partial charge in [0, 0.05) is 1.37 Å². The van der Waals surface area contributed by atoms with Gasteiger partial charge < -0.3 is 0 Å². The number of hydrogen-bond acceptors (Lipinski definition) is 0. The molecule has 0 spiro atoms. The van der Waals surface area contributed by atoms with Crippen LogP contribution in [0.1, 0.15) is 28.5 Å². The van der Waals surface area contributed by atoms with Gasteiger partial charge in [0.1, 0.15) is 0 Å². The summed E-state index contributed by atoms with van der Waals surface area (Å²) in [6.07, 6.45) is 2.29. The molecule has 0 aliphatic heterocycles. The van der Waals surface area contributed by atoms with Crippen molar-refractivity contribution >= 4 is 9.24 Å². The van der Waals surface area contributed by atoms with Gasteiger partial charge in [-0.3, -0.25) is 0 Å². The highest BCUT2D eigenvalue weighted by Gasteiger charge is 2.05. The van der Waals surface area contributed by atoms with E-state index in [0.717, 1.165) is 12.6 Å². The molecule has 0 amide bonds. The molecule has 50 valence electrons. The van der Waals surface area contributed by atoms with Crippen molar-refractivity contribution < 1.29 is 1.37 Å². The maximum absolute atomic E-state index is 7.18. The van der Waals surface area contributed by atoms with Crippen molar-refractivity contribution in [2.75, 3.05) is 6.16 Å².